The number of carbonyl (C=O) groups is 1. The van der Waals surface area contributed by atoms with E-state index in [1.54, 1.807) is 0 Å². The second-order valence-corrected chi connectivity index (χ2v) is 17.0. The van der Waals surface area contributed by atoms with Gasteiger partial charge in [-0.25, -0.2) is 4.79 Å². The van der Waals surface area contributed by atoms with Crippen molar-refractivity contribution in [1.29, 1.82) is 0 Å². The Kier molecular flexibility index (Phi) is 7.36. The Labute approximate surface area is 222 Å². The highest BCUT2D eigenvalue weighted by Gasteiger charge is 2.40. The molecule has 5 nitrogen and oxygen atoms in total. The van der Waals surface area contributed by atoms with Crippen molar-refractivity contribution < 1.29 is 18.7 Å². The third kappa shape index (κ3) is 5.29. The van der Waals surface area contributed by atoms with Gasteiger partial charge in [0, 0.05) is 12.5 Å². The summed E-state index contributed by atoms with van der Waals surface area (Å²) >= 11 is 0. The summed E-state index contributed by atoms with van der Waals surface area (Å²) in [6.45, 7) is 13.7. The summed E-state index contributed by atoms with van der Waals surface area (Å²) in [7, 11) is -1.71. The second kappa shape index (κ2) is 10.4. The molecule has 2 aliphatic heterocycles. The molecule has 1 fully saturated rings. The Morgan fingerprint density at radius 3 is 2.30 bits per heavy atom. The van der Waals surface area contributed by atoms with Crippen LogP contribution in [-0.2, 0) is 13.9 Å². The molecule has 2 bridgehead atoms. The summed E-state index contributed by atoms with van der Waals surface area (Å²) in [6.07, 6.45) is 4.89. The standard InChI is InChI=1S/C31H41NO4Si/c1-31(2,3)37(4,5)36-16-10-11-22-17-23-19-34-20-24(18-22)32(23)30(33)35-21-29-27-14-8-6-12-25(27)26-13-7-9-15-28(26)29/h6-9,12-15,17,23-24,29H,10-11,16,18-21H2,1-5H3. The molecule has 2 aromatic carbocycles. The molecule has 2 unspecified atom stereocenters. The molecule has 0 aromatic heterocycles. The highest BCUT2D eigenvalue weighted by atomic mass is 28.4. The van der Waals surface area contributed by atoms with Gasteiger partial charge in [-0.05, 0) is 59.6 Å². The minimum atomic E-state index is -1.71. The summed E-state index contributed by atoms with van der Waals surface area (Å²) in [5.74, 6) is 0.0734. The summed E-state index contributed by atoms with van der Waals surface area (Å²) in [5.41, 5.74) is 6.38. The fourth-order valence-corrected chi connectivity index (χ4v) is 6.75. The Hall–Kier alpha value is -2.41. The molecular weight excluding hydrogens is 478 g/mol. The van der Waals surface area contributed by atoms with E-state index in [0.29, 0.717) is 19.8 Å². The van der Waals surface area contributed by atoms with Crippen LogP contribution >= 0.6 is 0 Å². The smallest absolute Gasteiger partial charge is 0.410 e. The number of benzene rings is 2. The third-order valence-corrected chi connectivity index (χ3v) is 13.3. The van der Waals surface area contributed by atoms with Gasteiger partial charge in [-0.1, -0.05) is 81.0 Å². The maximum absolute atomic E-state index is 13.4. The average Bonchev–Trinajstić information content (AvgIpc) is 3.17. The largest absolute Gasteiger partial charge is 0.448 e. The lowest BCUT2D eigenvalue weighted by molar-refractivity contribution is -0.0365. The first kappa shape index (κ1) is 26.2. The van der Waals surface area contributed by atoms with Crippen molar-refractivity contribution in [3.05, 3.63) is 71.3 Å². The molecule has 2 atom stereocenters. The maximum atomic E-state index is 13.4. The van der Waals surface area contributed by atoms with E-state index in [1.165, 1.54) is 27.8 Å². The molecule has 198 valence electrons. The van der Waals surface area contributed by atoms with E-state index in [2.05, 4.69) is 88.5 Å². The van der Waals surface area contributed by atoms with Crippen LogP contribution in [0.1, 0.15) is 57.1 Å². The van der Waals surface area contributed by atoms with Gasteiger partial charge in [0.1, 0.15) is 6.61 Å². The normalized spacial score (nSPS) is 21.3. The maximum Gasteiger partial charge on any atom is 0.410 e. The Morgan fingerprint density at radius 1 is 1.03 bits per heavy atom. The quantitative estimate of drug-likeness (QED) is 0.222. The molecule has 3 aliphatic rings. The number of hydrogen-bond acceptors (Lipinski definition) is 4. The van der Waals surface area contributed by atoms with E-state index in [4.69, 9.17) is 13.9 Å². The Balaban J connectivity index is 1.20. The van der Waals surface area contributed by atoms with Crippen LogP contribution in [0.2, 0.25) is 18.1 Å². The van der Waals surface area contributed by atoms with E-state index in [0.717, 1.165) is 25.9 Å². The van der Waals surface area contributed by atoms with Crippen molar-refractivity contribution in [3.63, 3.8) is 0 Å². The molecular formula is C31H41NO4Si. The number of ether oxygens (including phenoxy) is 2. The molecule has 2 aromatic rings. The number of carbonyl (C=O) groups excluding carboxylic acids is 1. The van der Waals surface area contributed by atoms with Gasteiger partial charge in [0.25, 0.3) is 0 Å². The van der Waals surface area contributed by atoms with E-state index in [1.807, 2.05) is 4.90 Å². The number of nitrogens with zero attached hydrogens (tertiary/aromatic N) is 1. The van der Waals surface area contributed by atoms with Gasteiger partial charge in [-0.3, -0.25) is 4.90 Å². The van der Waals surface area contributed by atoms with E-state index >= 15 is 0 Å². The predicted octanol–water partition coefficient (Wildman–Crippen LogP) is 7.14. The summed E-state index contributed by atoms with van der Waals surface area (Å²) in [4.78, 5) is 15.3. The lowest BCUT2D eigenvalue weighted by atomic mass is 9.92. The molecule has 0 saturated carbocycles. The van der Waals surface area contributed by atoms with Gasteiger partial charge < -0.3 is 13.9 Å². The first-order chi connectivity index (χ1) is 17.7. The van der Waals surface area contributed by atoms with Crippen molar-refractivity contribution in [3.8, 4) is 11.1 Å². The molecule has 5 rings (SSSR count). The first-order valence-electron chi connectivity index (χ1n) is 13.7. The molecule has 1 amide bonds. The Morgan fingerprint density at radius 2 is 1.68 bits per heavy atom. The topological polar surface area (TPSA) is 48.0 Å². The number of morpholine rings is 1. The van der Waals surface area contributed by atoms with Gasteiger partial charge in [-0.2, -0.15) is 0 Å². The second-order valence-electron chi connectivity index (χ2n) is 12.2. The molecule has 0 radical (unpaired) electrons. The van der Waals surface area contributed by atoms with Crippen molar-refractivity contribution in [2.45, 2.75) is 76.2 Å². The van der Waals surface area contributed by atoms with Crippen LogP contribution in [0.3, 0.4) is 0 Å². The van der Waals surface area contributed by atoms with Crippen LogP contribution in [0, 0.1) is 0 Å². The van der Waals surface area contributed by atoms with Crippen molar-refractivity contribution in [2.75, 3.05) is 26.4 Å². The van der Waals surface area contributed by atoms with Gasteiger partial charge in [0.15, 0.2) is 8.32 Å². The number of rotatable bonds is 7. The van der Waals surface area contributed by atoms with Gasteiger partial charge >= 0.3 is 6.09 Å². The molecule has 37 heavy (non-hydrogen) atoms. The lowest BCUT2D eigenvalue weighted by Gasteiger charge is -2.44. The molecule has 0 spiro atoms. The predicted molar refractivity (Wildman–Crippen MR) is 150 cm³/mol. The van der Waals surface area contributed by atoms with Crippen LogP contribution in [0.25, 0.3) is 11.1 Å². The van der Waals surface area contributed by atoms with Crippen LogP contribution < -0.4 is 0 Å². The molecule has 1 aliphatic carbocycles. The minimum absolute atomic E-state index is 0.0377. The first-order valence-corrected chi connectivity index (χ1v) is 16.6. The van der Waals surface area contributed by atoms with E-state index < -0.39 is 8.32 Å². The molecule has 1 saturated heterocycles. The number of amides is 1. The zero-order chi connectivity index (χ0) is 26.2. The molecule has 2 heterocycles. The fourth-order valence-electron chi connectivity index (χ4n) is 5.67. The lowest BCUT2D eigenvalue weighted by Crippen LogP contribution is -2.56. The molecule has 0 N–H and O–H groups in total. The van der Waals surface area contributed by atoms with Crippen LogP contribution in [0.5, 0.6) is 0 Å². The minimum Gasteiger partial charge on any atom is -0.448 e. The fraction of sp³-hybridized carbons (Fsp3) is 0.516. The van der Waals surface area contributed by atoms with Gasteiger partial charge in [-0.15, -0.1) is 0 Å². The summed E-state index contributed by atoms with van der Waals surface area (Å²) < 4.78 is 18.2. The van der Waals surface area contributed by atoms with E-state index in [-0.39, 0.29) is 29.1 Å². The van der Waals surface area contributed by atoms with Gasteiger partial charge in [0.2, 0.25) is 0 Å². The van der Waals surface area contributed by atoms with Crippen molar-refractivity contribution in [1.82, 2.24) is 4.90 Å². The average molecular weight is 520 g/mol. The van der Waals surface area contributed by atoms with Crippen LogP contribution in [-0.4, -0.2) is 57.8 Å². The Bertz CT molecular complexity index is 1120. The zero-order valence-electron chi connectivity index (χ0n) is 23.0. The SMILES string of the molecule is CC(C)(C)[Si](C)(C)OCCCC1=CC2COCC(C1)N2C(=O)OCC1c2ccccc2-c2ccccc21. The zero-order valence-corrected chi connectivity index (χ0v) is 24.0. The summed E-state index contributed by atoms with van der Waals surface area (Å²) in [6, 6.07) is 16.9. The van der Waals surface area contributed by atoms with E-state index in [9.17, 15) is 4.79 Å². The van der Waals surface area contributed by atoms with Crippen molar-refractivity contribution in [2.24, 2.45) is 0 Å². The highest BCUT2D eigenvalue weighted by Crippen LogP contribution is 2.44. The number of hydrogen-bond donors (Lipinski definition) is 0. The number of fused-ring (bicyclic) bond motifs is 5. The van der Waals surface area contributed by atoms with Crippen LogP contribution in [0.15, 0.2) is 60.2 Å². The molecule has 6 heteroatoms. The van der Waals surface area contributed by atoms with Crippen molar-refractivity contribution >= 4 is 14.4 Å². The highest BCUT2D eigenvalue weighted by molar-refractivity contribution is 6.74. The third-order valence-electron chi connectivity index (χ3n) is 8.73. The van der Waals surface area contributed by atoms with Gasteiger partial charge in [0.05, 0.1) is 25.3 Å². The monoisotopic (exact) mass is 519 g/mol. The summed E-state index contributed by atoms with van der Waals surface area (Å²) in [5, 5.41) is 0.231. The van der Waals surface area contributed by atoms with Crippen LogP contribution in [0.4, 0.5) is 4.79 Å².